The number of benzene rings is 1. The molecule has 4 aromatic rings. The summed E-state index contributed by atoms with van der Waals surface area (Å²) in [6.07, 6.45) is 4.16. The molecule has 0 unspecified atom stereocenters. The van der Waals surface area contributed by atoms with Crippen LogP contribution in [0.25, 0.3) is 22.5 Å². The highest BCUT2D eigenvalue weighted by Crippen LogP contribution is 2.44. The molecule has 0 bridgehead atoms. The summed E-state index contributed by atoms with van der Waals surface area (Å²) in [5, 5.41) is 16.6. The first-order valence-corrected chi connectivity index (χ1v) is 9.44. The molecule has 3 aromatic heterocycles. The number of H-pyrrole nitrogens is 1. The van der Waals surface area contributed by atoms with Gasteiger partial charge in [-0.05, 0) is 42.0 Å². The van der Waals surface area contributed by atoms with Gasteiger partial charge in [0.1, 0.15) is 18.4 Å². The van der Waals surface area contributed by atoms with E-state index in [1.807, 2.05) is 42.5 Å². The molecule has 0 amide bonds. The lowest BCUT2D eigenvalue weighted by atomic mass is 10.1. The number of rotatable bonds is 5. The van der Waals surface area contributed by atoms with Gasteiger partial charge >= 0.3 is 0 Å². The molecule has 0 radical (unpaired) electrons. The molecule has 1 aliphatic carbocycles. The molecule has 0 saturated heterocycles. The predicted molar refractivity (Wildman–Crippen MR) is 110 cm³/mol. The van der Waals surface area contributed by atoms with Crippen molar-refractivity contribution in [3.63, 3.8) is 0 Å². The van der Waals surface area contributed by atoms with Gasteiger partial charge in [0.25, 0.3) is 0 Å². The minimum Gasteiger partial charge on any atom is -0.493 e. The first-order valence-electron chi connectivity index (χ1n) is 9.44. The molecule has 7 nitrogen and oxygen atoms in total. The van der Waals surface area contributed by atoms with E-state index < -0.39 is 0 Å². The lowest BCUT2D eigenvalue weighted by Gasteiger charge is -2.13. The van der Waals surface area contributed by atoms with Crippen LogP contribution < -0.4 is 9.47 Å². The summed E-state index contributed by atoms with van der Waals surface area (Å²) in [6.45, 7) is 0.355. The quantitative estimate of drug-likeness (QED) is 0.485. The Hall–Kier alpha value is -4.18. The van der Waals surface area contributed by atoms with E-state index in [1.54, 1.807) is 25.6 Å². The normalized spacial score (nSPS) is 11.5. The van der Waals surface area contributed by atoms with Gasteiger partial charge in [0.15, 0.2) is 11.5 Å². The molecule has 0 spiro atoms. The summed E-state index contributed by atoms with van der Waals surface area (Å²) >= 11 is 0. The molecule has 146 valence electrons. The third-order valence-electron chi connectivity index (χ3n) is 5.15. The minimum absolute atomic E-state index is 0.355. The fourth-order valence-electron chi connectivity index (χ4n) is 3.68. The fraction of sp³-hybridized carbons (Fsp3) is 0.130. The summed E-state index contributed by atoms with van der Waals surface area (Å²) in [5.41, 5.74) is 7.19. The lowest BCUT2D eigenvalue weighted by Crippen LogP contribution is -2.00. The van der Waals surface area contributed by atoms with E-state index in [0.29, 0.717) is 23.8 Å². The Morgan fingerprint density at radius 3 is 2.80 bits per heavy atom. The molecule has 7 heteroatoms. The molecule has 3 heterocycles. The average molecular weight is 395 g/mol. The van der Waals surface area contributed by atoms with Gasteiger partial charge in [-0.2, -0.15) is 10.4 Å². The van der Waals surface area contributed by atoms with Gasteiger partial charge in [-0.1, -0.05) is 6.07 Å². The van der Waals surface area contributed by atoms with E-state index in [9.17, 15) is 0 Å². The van der Waals surface area contributed by atoms with Crippen LogP contribution in [-0.4, -0.2) is 27.3 Å². The van der Waals surface area contributed by atoms with Gasteiger partial charge in [0.05, 0.1) is 24.2 Å². The van der Waals surface area contributed by atoms with Crippen LogP contribution in [0, 0.1) is 11.3 Å². The van der Waals surface area contributed by atoms with Gasteiger partial charge in [0.2, 0.25) is 0 Å². The Bertz CT molecular complexity index is 1260. The zero-order chi connectivity index (χ0) is 20.5. The summed E-state index contributed by atoms with van der Waals surface area (Å²) in [5.74, 6) is 1.34. The molecule has 0 fully saturated rings. The Kier molecular flexibility index (Phi) is 4.37. The predicted octanol–water partition coefficient (Wildman–Crippen LogP) is 3.90. The van der Waals surface area contributed by atoms with Crippen LogP contribution >= 0.6 is 0 Å². The highest BCUT2D eigenvalue weighted by atomic mass is 16.5. The van der Waals surface area contributed by atoms with Crippen LogP contribution in [0.4, 0.5) is 0 Å². The number of hydrogen-bond donors (Lipinski definition) is 1. The molecule has 1 aromatic carbocycles. The van der Waals surface area contributed by atoms with Crippen LogP contribution in [-0.2, 0) is 13.0 Å². The van der Waals surface area contributed by atoms with Gasteiger partial charge in [-0.25, -0.2) is 4.98 Å². The standard InChI is InChI=1S/C23H17N5O2/c1-29-20-9-15-8-19-22(14-5-6-16(11-24)26-12-14)27-28-23(19)18(15)10-21(20)30-13-17-4-2-3-7-25-17/h2-7,9-10,12H,8,13H2,1H3,(H,27,28). The molecule has 30 heavy (non-hydrogen) atoms. The maximum atomic E-state index is 8.96. The van der Waals surface area contributed by atoms with Crippen molar-refractivity contribution >= 4 is 0 Å². The second-order valence-corrected chi connectivity index (χ2v) is 6.92. The Balaban J connectivity index is 1.48. The minimum atomic E-state index is 0.355. The summed E-state index contributed by atoms with van der Waals surface area (Å²) in [7, 11) is 1.64. The van der Waals surface area contributed by atoms with Gasteiger partial charge in [-0.3, -0.25) is 10.1 Å². The second-order valence-electron chi connectivity index (χ2n) is 6.92. The number of aromatic nitrogens is 4. The van der Waals surface area contributed by atoms with E-state index in [2.05, 4.69) is 20.2 Å². The smallest absolute Gasteiger partial charge is 0.162 e. The lowest BCUT2D eigenvalue weighted by molar-refractivity contribution is 0.281. The summed E-state index contributed by atoms with van der Waals surface area (Å²) in [6, 6.07) is 15.3. The average Bonchev–Trinajstić information content (AvgIpc) is 3.37. The Morgan fingerprint density at radius 2 is 2.07 bits per heavy atom. The number of nitrogens with one attached hydrogen (secondary N) is 1. The summed E-state index contributed by atoms with van der Waals surface area (Å²) in [4.78, 5) is 8.46. The fourth-order valence-corrected chi connectivity index (χ4v) is 3.68. The van der Waals surface area contributed by atoms with E-state index in [4.69, 9.17) is 14.7 Å². The van der Waals surface area contributed by atoms with Crippen molar-refractivity contribution in [3.8, 4) is 40.1 Å². The monoisotopic (exact) mass is 395 g/mol. The highest BCUT2D eigenvalue weighted by Gasteiger charge is 2.27. The van der Waals surface area contributed by atoms with E-state index >= 15 is 0 Å². The van der Waals surface area contributed by atoms with Crippen molar-refractivity contribution in [2.24, 2.45) is 0 Å². The number of hydrogen-bond acceptors (Lipinski definition) is 6. The van der Waals surface area contributed by atoms with Crippen molar-refractivity contribution in [1.82, 2.24) is 20.2 Å². The number of nitriles is 1. The van der Waals surface area contributed by atoms with E-state index in [1.165, 1.54) is 0 Å². The maximum Gasteiger partial charge on any atom is 0.162 e. The molecular weight excluding hydrogens is 378 g/mol. The van der Waals surface area contributed by atoms with Crippen LogP contribution in [0.1, 0.15) is 22.5 Å². The third-order valence-corrected chi connectivity index (χ3v) is 5.15. The SMILES string of the molecule is COc1cc2c(cc1OCc1ccccn1)-c1[nH]nc(-c3ccc(C#N)nc3)c1C2. The van der Waals surface area contributed by atoms with Gasteiger partial charge in [-0.15, -0.1) is 0 Å². The Labute approximate surface area is 173 Å². The molecule has 0 saturated carbocycles. The first kappa shape index (κ1) is 17.9. The number of pyridine rings is 2. The largest absolute Gasteiger partial charge is 0.493 e. The number of fused-ring (bicyclic) bond motifs is 3. The molecule has 5 rings (SSSR count). The van der Waals surface area contributed by atoms with Crippen LogP contribution in [0.15, 0.2) is 54.9 Å². The van der Waals surface area contributed by atoms with Crippen molar-refractivity contribution in [1.29, 1.82) is 5.26 Å². The van der Waals surface area contributed by atoms with E-state index in [0.717, 1.165) is 45.8 Å². The topological polar surface area (TPSA) is 96.7 Å². The van der Waals surface area contributed by atoms with Crippen LogP contribution in [0.5, 0.6) is 11.5 Å². The van der Waals surface area contributed by atoms with Crippen molar-refractivity contribution < 1.29 is 9.47 Å². The number of methoxy groups -OCH3 is 1. The highest BCUT2D eigenvalue weighted by molar-refractivity contribution is 5.82. The van der Waals surface area contributed by atoms with Gasteiger partial charge in [0, 0.05) is 35.5 Å². The van der Waals surface area contributed by atoms with Crippen LogP contribution in [0.2, 0.25) is 0 Å². The molecule has 1 N–H and O–H groups in total. The molecular formula is C23H17N5O2. The zero-order valence-corrected chi connectivity index (χ0v) is 16.2. The number of nitrogens with zero attached hydrogens (tertiary/aromatic N) is 4. The number of ether oxygens (including phenoxy) is 2. The molecule has 0 aliphatic heterocycles. The maximum absolute atomic E-state index is 8.96. The first-order chi connectivity index (χ1) is 14.8. The number of aromatic amines is 1. The third kappa shape index (κ3) is 3.05. The molecule has 1 aliphatic rings. The van der Waals surface area contributed by atoms with Gasteiger partial charge < -0.3 is 9.47 Å². The second kappa shape index (κ2) is 7.33. The molecule has 0 atom stereocenters. The Morgan fingerprint density at radius 1 is 1.13 bits per heavy atom. The van der Waals surface area contributed by atoms with Crippen molar-refractivity contribution in [3.05, 3.63) is 77.4 Å². The zero-order valence-electron chi connectivity index (χ0n) is 16.2. The van der Waals surface area contributed by atoms with E-state index in [-0.39, 0.29) is 0 Å². The van der Waals surface area contributed by atoms with Crippen molar-refractivity contribution in [2.45, 2.75) is 13.0 Å². The van der Waals surface area contributed by atoms with Crippen LogP contribution in [0.3, 0.4) is 0 Å². The summed E-state index contributed by atoms with van der Waals surface area (Å²) < 4.78 is 11.6. The van der Waals surface area contributed by atoms with Crippen molar-refractivity contribution in [2.75, 3.05) is 7.11 Å².